The summed E-state index contributed by atoms with van der Waals surface area (Å²) < 4.78 is 5.29. The first-order chi connectivity index (χ1) is 16.4. The molecule has 2 aromatic carbocycles. The number of nitrogens with zero attached hydrogens (tertiary/aromatic N) is 1. The summed E-state index contributed by atoms with van der Waals surface area (Å²) in [6, 6.07) is 15.5. The van der Waals surface area contributed by atoms with Crippen LogP contribution in [0.25, 0.3) is 10.4 Å². The number of rotatable bonds is 8. The molecule has 0 atom stereocenters. The van der Waals surface area contributed by atoms with Crippen LogP contribution in [-0.2, 0) is 21.5 Å². The molecule has 8 heteroatoms. The molecule has 0 unspecified atom stereocenters. The van der Waals surface area contributed by atoms with Gasteiger partial charge < -0.3 is 19.8 Å². The Morgan fingerprint density at radius 1 is 1.03 bits per heavy atom. The van der Waals surface area contributed by atoms with E-state index in [4.69, 9.17) is 9.84 Å². The van der Waals surface area contributed by atoms with E-state index >= 15 is 0 Å². The predicted molar refractivity (Wildman–Crippen MR) is 137 cm³/mol. The fraction of sp³-hybridized carbons (Fsp3) is 0.296. The van der Waals surface area contributed by atoms with E-state index in [0.29, 0.717) is 17.0 Å². The normalized spacial score (nSPS) is 11.2. The molecule has 0 spiro atoms. The highest BCUT2D eigenvalue weighted by Crippen LogP contribution is 2.41. The summed E-state index contributed by atoms with van der Waals surface area (Å²) in [5.41, 5.74) is 4.18. The molecule has 1 amide bonds. The van der Waals surface area contributed by atoms with E-state index in [-0.39, 0.29) is 21.9 Å². The Balaban J connectivity index is 1.93. The van der Waals surface area contributed by atoms with Crippen molar-refractivity contribution in [3.05, 3.63) is 70.1 Å². The number of amides is 1. The Hall–Kier alpha value is -3.65. The predicted octanol–water partition coefficient (Wildman–Crippen LogP) is 5.74. The zero-order valence-corrected chi connectivity index (χ0v) is 21.2. The largest absolute Gasteiger partial charge is 0.480 e. The molecule has 0 saturated heterocycles. The van der Waals surface area contributed by atoms with Crippen molar-refractivity contribution in [2.75, 3.05) is 11.5 Å². The molecular formula is C27H29NO6S. The van der Waals surface area contributed by atoms with Crippen molar-refractivity contribution in [1.82, 2.24) is 0 Å². The molecule has 1 aromatic heterocycles. The lowest BCUT2D eigenvalue weighted by Gasteiger charge is -2.24. The molecule has 0 aliphatic heterocycles. The van der Waals surface area contributed by atoms with Crippen LogP contribution >= 0.6 is 11.3 Å². The summed E-state index contributed by atoms with van der Waals surface area (Å²) in [5.74, 6) is -2.39. The summed E-state index contributed by atoms with van der Waals surface area (Å²) >= 11 is 1.04. The summed E-state index contributed by atoms with van der Waals surface area (Å²) in [4.78, 5) is 37.5. The van der Waals surface area contributed by atoms with E-state index in [2.05, 4.69) is 20.8 Å². The van der Waals surface area contributed by atoms with Crippen molar-refractivity contribution in [1.29, 1.82) is 0 Å². The number of aromatic carboxylic acids is 1. The quantitative estimate of drug-likeness (QED) is 0.413. The van der Waals surface area contributed by atoms with Crippen LogP contribution in [0.3, 0.4) is 0 Å². The minimum Gasteiger partial charge on any atom is -0.480 e. The fourth-order valence-electron chi connectivity index (χ4n) is 3.74. The first-order valence-electron chi connectivity index (χ1n) is 11.1. The molecule has 35 heavy (non-hydrogen) atoms. The zero-order valence-electron chi connectivity index (χ0n) is 20.4. The average molecular weight is 496 g/mol. The number of aliphatic carboxylic acids is 1. The van der Waals surface area contributed by atoms with Crippen LogP contribution in [0.15, 0.2) is 48.5 Å². The molecular weight excluding hydrogens is 466 g/mol. The van der Waals surface area contributed by atoms with Gasteiger partial charge in [-0.05, 0) is 47.2 Å². The zero-order chi connectivity index (χ0) is 25.9. The summed E-state index contributed by atoms with van der Waals surface area (Å²) in [7, 11) is 0. The molecule has 1 heterocycles. The molecule has 3 aromatic rings. The molecule has 2 N–H and O–H groups in total. The van der Waals surface area contributed by atoms with E-state index in [1.54, 1.807) is 11.8 Å². The Bertz CT molecular complexity index is 1250. The lowest BCUT2D eigenvalue weighted by atomic mass is 9.87. The molecule has 0 radical (unpaired) electrons. The van der Waals surface area contributed by atoms with E-state index < -0.39 is 18.5 Å². The SMILES string of the molecule is CC(=O)N(Cc1cccc(-c2sc(C(=O)O)c(OCC(=O)O)c2C)c1)c1ccc(C(C)(C)C)cc1. The Morgan fingerprint density at radius 2 is 1.69 bits per heavy atom. The number of ether oxygens (including phenoxy) is 1. The molecule has 7 nitrogen and oxygen atoms in total. The number of thiophene rings is 1. The van der Waals surface area contributed by atoms with Gasteiger partial charge in [-0.15, -0.1) is 11.3 Å². The van der Waals surface area contributed by atoms with Crippen molar-refractivity contribution in [3.63, 3.8) is 0 Å². The van der Waals surface area contributed by atoms with Gasteiger partial charge in [-0.2, -0.15) is 0 Å². The second kappa shape index (κ2) is 10.3. The molecule has 0 bridgehead atoms. The molecule has 0 aliphatic rings. The van der Waals surface area contributed by atoms with Crippen molar-refractivity contribution < 1.29 is 29.3 Å². The maximum atomic E-state index is 12.5. The highest BCUT2D eigenvalue weighted by atomic mass is 32.1. The monoisotopic (exact) mass is 495 g/mol. The molecule has 3 rings (SSSR count). The van der Waals surface area contributed by atoms with Crippen LogP contribution in [0, 0.1) is 6.92 Å². The number of hydrogen-bond donors (Lipinski definition) is 2. The topological polar surface area (TPSA) is 104 Å². The number of carboxylic acids is 2. The lowest BCUT2D eigenvalue weighted by molar-refractivity contribution is -0.139. The molecule has 0 aliphatic carbocycles. The summed E-state index contributed by atoms with van der Waals surface area (Å²) in [6.07, 6.45) is 0. The van der Waals surface area contributed by atoms with Gasteiger partial charge in [0.1, 0.15) is 5.75 Å². The van der Waals surface area contributed by atoms with Gasteiger partial charge >= 0.3 is 11.9 Å². The first-order valence-corrected chi connectivity index (χ1v) is 11.9. The fourth-order valence-corrected chi connectivity index (χ4v) is 4.83. The maximum absolute atomic E-state index is 12.5. The molecule has 0 fully saturated rings. The van der Waals surface area contributed by atoms with Gasteiger partial charge in [0, 0.05) is 23.1 Å². The van der Waals surface area contributed by atoms with E-state index in [9.17, 15) is 19.5 Å². The summed E-state index contributed by atoms with van der Waals surface area (Å²) in [6.45, 7) is 9.36. The third kappa shape index (κ3) is 6.08. The van der Waals surface area contributed by atoms with Crippen LogP contribution in [0.4, 0.5) is 5.69 Å². The smallest absolute Gasteiger partial charge is 0.349 e. The van der Waals surface area contributed by atoms with Crippen LogP contribution in [0.2, 0.25) is 0 Å². The van der Waals surface area contributed by atoms with Crippen LogP contribution in [0.1, 0.15) is 54.1 Å². The van der Waals surface area contributed by atoms with Crippen LogP contribution in [0.5, 0.6) is 5.75 Å². The van der Waals surface area contributed by atoms with E-state index in [1.807, 2.05) is 48.5 Å². The van der Waals surface area contributed by atoms with Crippen molar-refractivity contribution >= 4 is 34.9 Å². The van der Waals surface area contributed by atoms with Gasteiger partial charge in [-0.25, -0.2) is 9.59 Å². The van der Waals surface area contributed by atoms with Gasteiger partial charge in [0.15, 0.2) is 11.5 Å². The minimum atomic E-state index is -1.18. The highest BCUT2D eigenvalue weighted by molar-refractivity contribution is 7.18. The van der Waals surface area contributed by atoms with Gasteiger partial charge in [-0.3, -0.25) is 4.79 Å². The van der Waals surface area contributed by atoms with E-state index in [1.165, 1.54) is 12.5 Å². The standard InChI is InChI=1S/C27H29NO6S/c1-16-23(34-15-22(30)31)25(26(32)33)35-24(16)19-8-6-7-18(13-19)14-28(17(2)29)21-11-9-20(10-12-21)27(3,4)5/h6-13H,14-15H2,1-5H3,(H,30,31)(H,32,33). The second-order valence-corrected chi connectivity index (χ2v) is 10.3. The van der Waals surface area contributed by atoms with Gasteiger partial charge in [0.25, 0.3) is 0 Å². The second-order valence-electron chi connectivity index (χ2n) is 9.30. The Labute approximate surface area is 208 Å². The summed E-state index contributed by atoms with van der Waals surface area (Å²) in [5, 5.41) is 18.5. The number of carbonyl (C=O) groups is 3. The van der Waals surface area contributed by atoms with Gasteiger partial charge in [-0.1, -0.05) is 51.1 Å². The third-order valence-electron chi connectivity index (χ3n) is 5.58. The number of carboxylic acid groups (broad SMARTS) is 2. The number of hydrogen-bond acceptors (Lipinski definition) is 5. The van der Waals surface area contributed by atoms with Crippen molar-refractivity contribution in [2.45, 2.75) is 46.6 Å². The molecule has 184 valence electrons. The third-order valence-corrected chi connectivity index (χ3v) is 6.89. The lowest BCUT2D eigenvalue weighted by Crippen LogP contribution is -2.27. The molecule has 0 saturated carbocycles. The minimum absolute atomic E-state index is 0.00825. The average Bonchev–Trinajstić information content (AvgIpc) is 3.12. The number of carbonyl (C=O) groups excluding carboxylic acids is 1. The van der Waals surface area contributed by atoms with E-state index in [0.717, 1.165) is 28.2 Å². The Kier molecular flexibility index (Phi) is 7.65. The maximum Gasteiger partial charge on any atom is 0.349 e. The first kappa shape index (κ1) is 26.0. The Morgan fingerprint density at radius 3 is 2.23 bits per heavy atom. The van der Waals surface area contributed by atoms with Crippen LogP contribution in [-0.4, -0.2) is 34.7 Å². The number of anilines is 1. The van der Waals surface area contributed by atoms with Gasteiger partial charge in [0.2, 0.25) is 5.91 Å². The number of benzene rings is 2. The van der Waals surface area contributed by atoms with Crippen molar-refractivity contribution in [2.24, 2.45) is 0 Å². The van der Waals surface area contributed by atoms with Gasteiger partial charge in [0.05, 0.1) is 6.54 Å². The van der Waals surface area contributed by atoms with Crippen LogP contribution < -0.4 is 9.64 Å². The van der Waals surface area contributed by atoms with Crippen molar-refractivity contribution in [3.8, 4) is 16.2 Å². The highest BCUT2D eigenvalue weighted by Gasteiger charge is 2.23.